The quantitative estimate of drug-likeness (QED) is 0.792. The van der Waals surface area contributed by atoms with E-state index in [9.17, 15) is 13.2 Å². The number of rotatable bonds is 5. The fraction of sp³-hybridized carbons (Fsp3) is 0.214. The number of hydrogen-bond donors (Lipinski definition) is 0. The third-order valence-corrected chi connectivity index (χ3v) is 5.30. The van der Waals surface area contributed by atoms with Crippen molar-refractivity contribution in [2.45, 2.75) is 11.5 Å². The minimum atomic E-state index is -3.49. The lowest BCUT2D eigenvalue weighted by atomic mass is 10.2. The molecule has 0 saturated heterocycles. The predicted octanol–water partition coefficient (Wildman–Crippen LogP) is 2.36. The van der Waals surface area contributed by atoms with Crippen LogP contribution in [0.2, 0.25) is 0 Å². The highest BCUT2D eigenvalue weighted by molar-refractivity contribution is 7.89. The fourth-order valence-corrected chi connectivity index (χ4v) is 3.22. The molecule has 0 unspecified atom stereocenters. The summed E-state index contributed by atoms with van der Waals surface area (Å²) in [6, 6.07) is 8.05. The van der Waals surface area contributed by atoms with Crippen LogP contribution in [-0.2, 0) is 21.4 Å². The van der Waals surface area contributed by atoms with Gasteiger partial charge in [0.2, 0.25) is 10.0 Å². The molecule has 0 aliphatic heterocycles. The molecule has 0 spiro atoms. The first kappa shape index (κ1) is 15.7. The average Bonchev–Trinajstić information content (AvgIpc) is 2.99. The average molecular weight is 325 g/mol. The van der Waals surface area contributed by atoms with E-state index in [0.717, 1.165) is 4.31 Å². The Morgan fingerprint density at radius 1 is 1.29 bits per heavy atom. The Labute approximate surface area is 127 Å². The number of sulfonamides is 1. The topological polar surface area (TPSA) is 63.7 Å². The zero-order chi connectivity index (χ0) is 15.5. The standard InChI is InChI=1S/C14H15NO4S2/c1-15(2)21(17,18)13-5-3-4-11(8-13)9-19-14(16)12-6-7-20-10-12/h3-8,10H,9H2,1-2H3. The molecule has 2 rings (SSSR count). The van der Waals surface area contributed by atoms with Crippen molar-refractivity contribution in [1.82, 2.24) is 4.31 Å². The van der Waals surface area contributed by atoms with E-state index >= 15 is 0 Å². The monoisotopic (exact) mass is 325 g/mol. The van der Waals surface area contributed by atoms with Gasteiger partial charge in [0, 0.05) is 19.5 Å². The lowest BCUT2D eigenvalue weighted by molar-refractivity contribution is 0.0473. The van der Waals surface area contributed by atoms with Crippen LogP contribution in [0, 0.1) is 0 Å². The Bertz CT molecular complexity index is 721. The molecule has 0 radical (unpaired) electrons. The molecule has 0 atom stereocenters. The van der Waals surface area contributed by atoms with Gasteiger partial charge in [0.15, 0.2) is 0 Å². The van der Waals surface area contributed by atoms with Gasteiger partial charge < -0.3 is 4.74 Å². The van der Waals surface area contributed by atoms with E-state index in [0.29, 0.717) is 11.1 Å². The van der Waals surface area contributed by atoms with Gasteiger partial charge in [-0.3, -0.25) is 0 Å². The molecule has 1 aromatic carbocycles. The van der Waals surface area contributed by atoms with Gasteiger partial charge in [-0.05, 0) is 29.1 Å². The first-order valence-corrected chi connectivity index (χ1v) is 8.50. The van der Waals surface area contributed by atoms with Gasteiger partial charge in [0.1, 0.15) is 6.61 Å². The summed E-state index contributed by atoms with van der Waals surface area (Å²) >= 11 is 1.41. The van der Waals surface area contributed by atoms with Crippen molar-refractivity contribution in [3.8, 4) is 0 Å². The summed E-state index contributed by atoms with van der Waals surface area (Å²) in [6.07, 6.45) is 0. The number of hydrogen-bond acceptors (Lipinski definition) is 5. The molecule has 0 fully saturated rings. The fourth-order valence-electron chi connectivity index (χ4n) is 1.62. The van der Waals surface area contributed by atoms with Crippen molar-refractivity contribution >= 4 is 27.3 Å². The van der Waals surface area contributed by atoms with E-state index in [4.69, 9.17) is 4.74 Å². The third kappa shape index (κ3) is 3.69. The zero-order valence-electron chi connectivity index (χ0n) is 11.6. The highest BCUT2D eigenvalue weighted by Crippen LogP contribution is 2.16. The Morgan fingerprint density at radius 3 is 2.67 bits per heavy atom. The van der Waals surface area contributed by atoms with Crippen LogP contribution in [-0.4, -0.2) is 32.8 Å². The molecule has 0 N–H and O–H groups in total. The van der Waals surface area contributed by atoms with E-state index in [1.165, 1.54) is 37.6 Å². The lowest BCUT2D eigenvalue weighted by Crippen LogP contribution is -2.22. The summed E-state index contributed by atoms with van der Waals surface area (Å²) in [6.45, 7) is 0.0332. The van der Waals surface area contributed by atoms with E-state index in [2.05, 4.69) is 0 Å². The second-order valence-corrected chi connectivity index (χ2v) is 7.45. The minimum absolute atomic E-state index is 0.0332. The van der Waals surface area contributed by atoms with Crippen LogP contribution in [0.1, 0.15) is 15.9 Å². The van der Waals surface area contributed by atoms with E-state index in [1.807, 2.05) is 0 Å². The molecule has 2 aromatic rings. The van der Waals surface area contributed by atoms with Gasteiger partial charge in [-0.2, -0.15) is 11.3 Å². The molecule has 0 aliphatic rings. The van der Waals surface area contributed by atoms with Gasteiger partial charge in [-0.15, -0.1) is 0 Å². The highest BCUT2D eigenvalue weighted by Gasteiger charge is 2.17. The first-order valence-electron chi connectivity index (χ1n) is 6.12. The molecule has 0 saturated carbocycles. The zero-order valence-corrected chi connectivity index (χ0v) is 13.3. The molecular weight excluding hydrogens is 310 g/mol. The molecular formula is C14H15NO4S2. The van der Waals surface area contributed by atoms with Gasteiger partial charge in [0.05, 0.1) is 10.5 Å². The van der Waals surface area contributed by atoms with E-state index in [1.54, 1.807) is 29.0 Å². The molecule has 1 heterocycles. The Morgan fingerprint density at radius 2 is 2.05 bits per heavy atom. The Balaban J connectivity index is 2.10. The molecule has 7 heteroatoms. The maximum atomic E-state index is 12.0. The Hall–Kier alpha value is -1.70. The van der Waals surface area contributed by atoms with Gasteiger partial charge in [0.25, 0.3) is 0 Å². The maximum Gasteiger partial charge on any atom is 0.339 e. The normalized spacial score (nSPS) is 11.6. The summed E-state index contributed by atoms with van der Waals surface area (Å²) in [5.74, 6) is -0.419. The number of ether oxygens (including phenoxy) is 1. The molecule has 0 aliphatic carbocycles. The predicted molar refractivity (Wildman–Crippen MR) is 80.8 cm³/mol. The van der Waals surface area contributed by atoms with Crippen molar-refractivity contribution in [3.05, 3.63) is 52.2 Å². The van der Waals surface area contributed by atoms with Crippen LogP contribution in [0.5, 0.6) is 0 Å². The number of esters is 1. The number of nitrogens with zero attached hydrogens (tertiary/aromatic N) is 1. The SMILES string of the molecule is CN(C)S(=O)(=O)c1cccc(COC(=O)c2ccsc2)c1. The van der Waals surface area contributed by atoms with E-state index in [-0.39, 0.29) is 11.5 Å². The first-order chi connectivity index (χ1) is 9.91. The molecule has 0 amide bonds. The summed E-state index contributed by atoms with van der Waals surface area (Å²) in [5.41, 5.74) is 1.12. The van der Waals surface area contributed by atoms with Crippen LogP contribution in [0.4, 0.5) is 0 Å². The molecule has 112 valence electrons. The summed E-state index contributed by atoms with van der Waals surface area (Å²) in [4.78, 5) is 11.9. The lowest BCUT2D eigenvalue weighted by Gasteiger charge is -2.12. The number of benzene rings is 1. The van der Waals surface area contributed by atoms with Crippen molar-refractivity contribution in [2.24, 2.45) is 0 Å². The highest BCUT2D eigenvalue weighted by atomic mass is 32.2. The largest absolute Gasteiger partial charge is 0.457 e. The van der Waals surface area contributed by atoms with Gasteiger partial charge >= 0.3 is 5.97 Å². The maximum absolute atomic E-state index is 12.0. The number of thiophene rings is 1. The third-order valence-electron chi connectivity index (χ3n) is 2.80. The summed E-state index contributed by atoms with van der Waals surface area (Å²) in [5, 5.41) is 3.50. The number of carbonyl (C=O) groups is 1. The van der Waals surface area contributed by atoms with Crippen LogP contribution < -0.4 is 0 Å². The molecule has 21 heavy (non-hydrogen) atoms. The van der Waals surface area contributed by atoms with Crippen LogP contribution in [0.15, 0.2) is 46.0 Å². The second-order valence-electron chi connectivity index (χ2n) is 4.52. The Kier molecular flexibility index (Phi) is 4.76. The summed E-state index contributed by atoms with van der Waals surface area (Å²) < 4.78 is 30.4. The minimum Gasteiger partial charge on any atom is -0.457 e. The smallest absolute Gasteiger partial charge is 0.339 e. The van der Waals surface area contributed by atoms with Gasteiger partial charge in [-0.1, -0.05) is 12.1 Å². The van der Waals surface area contributed by atoms with Crippen molar-refractivity contribution in [3.63, 3.8) is 0 Å². The van der Waals surface area contributed by atoms with Crippen LogP contribution in [0.3, 0.4) is 0 Å². The van der Waals surface area contributed by atoms with Gasteiger partial charge in [-0.25, -0.2) is 17.5 Å². The van der Waals surface area contributed by atoms with Crippen molar-refractivity contribution < 1.29 is 17.9 Å². The molecule has 1 aromatic heterocycles. The molecule has 5 nitrogen and oxygen atoms in total. The van der Waals surface area contributed by atoms with Crippen LogP contribution >= 0.6 is 11.3 Å². The van der Waals surface area contributed by atoms with Crippen molar-refractivity contribution in [2.75, 3.05) is 14.1 Å². The second kappa shape index (κ2) is 6.38. The van der Waals surface area contributed by atoms with Crippen molar-refractivity contribution in [1.29, 1.82) is 0 Å². The number of carbonyl (C=O) groups excluding carboxylic acids is 1. The molecule has 0 bridgehead atoms. The summed E-state index contributed by atoms with van der Waals surface area (Å²) in [7, 11) is -0.545. The van der Waals surface area contributed by atoms with E-state index < -0.39 is 16.0 Å². The van der Waals surface area contributed by atoms with Crippen LogP contribution in [0.25, 0.3) is 0 Å².